The number of nitrogens with zero attached hydrogens (tertiary/aromatic N) is 3. The van der Waals surface area contributed by atoms with Crippen LogP contribution in [0.25, 0.3) is 0 Å². The van der Waals surface area contributed by atoms with Gasteiger partial charge in [0.15, 0.2) is 11.6 Å². The van der Waals surface area contributed by atoms with Crippen LogP contribution < -0.4 is 25.6 Å². The molecule has 0 spiro atoms. The average Bonchev–Trinajstić information content (AvgIpc) is 3.32. The number of benzene rings is 2. The molecule has 1 fully saturated rings. The largest absolute Gasteiger partial charge is 0.497 e. The first-order valence-corrected chi connectivity index (χ1v) is 12.9. The normalized spacial score (nSPS) is 13.7. The van der Waals surface area contributed by atoms with Gasteiger partial charge in [-0.1, -0.05) is 12.1 Å². The SMILES string of the molecule is COc1cccc(CCNC(=O)CNc2cc(C(C)=O)c(Nc3cc(C)[nH]n3)cc2N2CCN(C)CC2)c1. The molecule has 2 aromatic carbocycles. The highest BCUT2D eigenvalue weighted by molar-refractivity contribution is 6.03. The van der Waals surface area contributed by atoms with Crippen LogP contribution in [-0.4, -0.2) is 80.2 Å². The highest BCUT2D eigenvalue weighted by atomic mass is 16.5. The molecule has 0 aliphatic carbocycles. The first-order valence-electron chi connectivity index (χ1n) is 12.9. The van der Waals surface area contributed by atoms with E-state index < -0.39 is 0 Å². The Morgan fingerprint density at radius 2 is 1.87 bits per heavy atom. The van der Waals surface area contributed by atoms with Crippen LogP contribution in [0.15, 0.2) is 42.5 Å². The van der Waals surface area contributed by atoms with Crippen LogP contribution in [0.4, 0.5) is 22.9 Å². The lowest BCUT2D eigenvalue weighted by Gasteiger charge is -2.35. The number of nitrogens with one attached hydrogen (secondary N) is 4. The molecule has 0 bridgehead atoms. The summed E-state index contributed by atoms with van der Waals surface area (Å²) in [5.41, 5.74) is 4.94. The van der Waals surface area contributed by atoms with E-state index in [-0.39, 0.29) is 18.2 Å². The minimum Gasteiger partial charge on any atom is -0.497 e. The molecule has 1 aromatic heterocycles. The van der Waals surface area contributed by atoms with Crippen LogP contribution in [0.2, 0.25) is 0 Å². The summed E-state index contributed by atoms with van der Waals surface area (Å²) in [5.74, 6) is 1.25. The molecular formula is C28H37N7O3. The highest BCUT2D eigenvalue weighted by Crippen LogP contribution is 2.35. The Morgan fingerprint density at radius 3 is 2.55 bits per heavy atom. The number of hydrogen-bond donors (Lipinski definition) is 4. The number of likely N-dealkylation sites (N-methyl/N-ethyl adjacent to an activating group) is 1. The molecule has 4 rings (SSSR count). The van der Waals surface area contributed by atoms with E-state index in [1.165, 1.54) is 0 Å². The van der Waals surface area contributed by atoms with Gasteiger partial charge in [-0.05, 0) is 57.1 Å². The summed E-state index contributed by atoms with van der Waals surface area (Å²) in [5, 5.41) is 16.7. The lowest BCUT2D eigenvalue weighted by molar-refractivity contribution is -0.119. The van der Waals surface area contributed by atoms with E-state index >= 15 is 0 Å². The zero-order valence-corrected chi connectivity index (χ0v) is 22.6. The Hall–Kier alpha value is -4.05. The van der Waals surface area contributed by atoms with Crippen molar-refractivity contribution < 1.29 is 14.3 Å². The van der Waals surface area contributed by atoms with Crippen LogP contribution in [-0.2, 0) is 11.2 Å². The lowest BCUT2D eigenvalue weighted by Crippen LogP contribution is -2.44. The molecule has 0 unspecified atom stereocenters. The maximum absolute atomic E-state index is 12.7. The van der Waals surface area contributed by atoms with E-state index in [9.17, 15) is 9.59 Å². The number of anilines is 4. The minimum atomic E-state index is -0.115. The monoisotopic (exact) mass is 519 g/mol. The first kappa shape index (κ1) is 27.0. The second kappa shape index (κ2) is 12.5. The van der Waals surface area contributed by atoms with Crippen molar-refractivity contribution >= 4 is 34.6 Å². The van der Waals surface area contributed by atoms with E-state index in [0.29, 0.717) is 30.0 Å². The predicted molar refractivity (Wildman–Crippen MR) is 151 cm³/mol. The molecular weight excluding hydrogens is 482 g/mol. The summed E-state index contributed by atoms with van der Waals surface area (Å²) < 4.78 is 5.27. The van der Waals surface area contributed by atoms with E-state index in [2.05, 4.69) is 43.0 Å². The standard InChI is InChI=1S/C28H37N7O3/c1-19-14-27(33-32-19)31-24-17-26(35-12-10-34(3)11-13-35)25(16-23(24)20(2)36)30-18-28(37)29-9-8-21-6-5-7-22(15-21)38-4/h5-7,14-17,30H,8-13,18H2,1-4H3,(H,29,37)(H2,31,32,33). The van der Waals surface area contributed by atoms with Crippen molar-refractivity contribution in [3.05, 3.63) is 59.3 Å². The number of methoxy groups -OCH3 is 1. The van der Waals surface area contributed by atoms with Gasteiger partial charge in [-0.3, -0.25) is 14.7 Å². The van der Waals surface area contributed by atoms with Gasteiger partial charge in [-0.15, -0.1) is 0 Å². The fraction of sp³-hybridized carbons (Fsp3) is 0.393. The molecule has 1 amide bonds. The van der Waals surface area contributed by atoms with Gasteiger partial charge in [-0.2, -0.15) is 5.10 Å². The molecule has 0 atom stereocenters. The van der Waals surface area contributed by atoms with Crippen LogP contribution in [0.5, 0.6) is 5.75 Å². The number of H-pyrrole nitrogens is 1. The molecule has 1 aliphatic heterocycles. The highest BCUT2D eigenvalue weighted by Gasteiger charge is 2.21. The molecule has 10 heteroatoms. The number of aromatic amines is 1. The van der Waals surface area contributed by atoms with Crippen molar-refractivity contribution in [2.24, 2.45) is 0 Å². The van der Waals surface area contributed by atoms with Crippen molar-refractivity contribution in [1.29, 1.82) is 0 Å². The molecule has 1 saturated heterocycles. The summed E-state index contributed by atoms with van der Waals surface area (Å²) >= 11 is 0. The Kier molecular flexibility index (Phi) is 8.85. The third-order valence-electron chi connectivity index (χ3n) is 6.64. The molecule has 202 valence electrons. The van der Waals surface area contributed by atoms with Crippen molar-refractivity contribution in [2.75, 3.05) is 69.0 Å². The summed E-state index contributed by atoms with van der Waals surface area (Å²) in [7, 11) is 3.75. The summed E-state index contributed by atoms with van der Waals surface area (Å²) in [4.78, 5) is 29.9. The number of piperazine rings is 1. The van der Waals surface area contributed by atoms with Crippen molar-refractivity contribution in [3.8, 4) is 5.75 Å². The third kappa shape index (κ3) is 7.04. The Balaban J connectivity index is 1.48. The van der Waals surface area contributed by atoms with Gasteiger partial charge in [0.05, 0.1) is 30.7 Å². The smallest absolute Gasteiger partial charge is 0.239 e. The number of ketones is 1. The number of aryl methyl sites for hydroxylation is 1. The molecule has 38 heavy (non-hydrogen) atoms. The van der Waals surface area contributed by atoms with Gasteiger partial charge >= 0.3 is 0 Å². The fourth-order valence-electron chi connectivity index (χ4n) is 4.47. The van der Waals surface area contributed by atoms with E-state index in [4.69, 9.17) is 4.74 Å². The quantitative estimate of drug-likeness (QED) is 0.286. The average molecular weight is 520 g/mol. The Labute approximate surface area is 223 Å². The molecule has 3 aromatic rings. The lowest BCUT2D eigenvalue weighted by atomic mass is 10.0. The van der Waals surface area contributed by atoms with Gasteiger partial charge in [0.1, 0.15) is 5.75 Å². The number of carbonyl (C=O) groups excluding carboxylic acids is 2. The second-order valence-corrected chi connectivity index (χ2v) is 9.63. The maximum atomic E-state index is 12.7. The van der Waals surface area contributed by atoms with Gasteiger partial charge in [0.25, 0.3) is 0 Å². The molecule has 0 saturated carbocycles. The number of carbonyl (C=O) groups is 2. The molecule has 4 N–H and O–H groups in total. The molecule has 0 radical (unpaired) electrons. The summed E-state index contributed by atoms with van der Waals surface area (Å²) in [6, 6.07) is 13.5. The van der Waals surface area contributed by atoms with E-state index in [1.807, 2.05) is 49.4 Å². The van der Waals surface area contributed by atoms with E-state index in [1.54, 1.807) is 14.0 Å². The number of aromatic nitrogens is 2. The number of ether oxygens (including phenoxy) is 1. The van der Waals surface area contributed by atoms with Crippen molar-refractivity contribution in [3.63, 3.8) is 0 Å². The fourth-order valence-corrected chi connectivity index (χ4v) is 4.47. The van der Waals surface area contributed by atoms with Crippen molar-refractivity contribution in [2.45, 2.75) is 20.3 Å². The second-order valence-electron chi connectivity index (χ2n) is 9.63. The molecule has 10 nitrogen and oxygen atoms in total. The number of rotatable bonds is 11. The zero-order valence-electron chi connectivity index (χ0n) is 22.6. The summed E-state index contributed by atoms with van der Waals surface area (Å²) in [6.45, 7) is 7.64. The summed E-state index contributed by atoms with van der Waals surface area (Å²) in [6.07, 6.45) is 0.705. The van der Waals surface area contributed by atoms with Gasteiger partial charge < -0.3 is 30.5 Å². The topological polar surface area (TPSA) is 115 Å². The van der Waals surface area contributed by atoms with E-state index in [0.717, 1.165) is 54.6 Å². The van der Waals surface area contributed by atoms with Crippen LogP contribution in [0.1, 0.15) is 28.5 Å². The van der Waals surface area contributed by atoms with Crippen molar-refractivity contribution in [1.82, 2.24) is 20.4 Å². The van der Waals surface area contributed by atoms with Gasteiger partial charge in [0.2, 0.25) is 5.91 Å². The van der Waals surface area contributed by atoms with Gasteiger partial charge in [-0.25, -0.2) is 0 Å². The Morgan fingerprint density at radius 1 is 1.08 bits per heavy atom. The van der Waals surface area contributed by atoms with Gasteiger partial charge in [0, 0.05) is 50.0 Å². The predicted octanol–water partition coefficient (Wildman–Crippen LogP) is 3.20. The van der Waals surface area contributed by atoms with Crippen LogP contribution in [0.3, 0.4) is 0 Å². The number of hydrogen-bond acceptors (Lipinski definition) is 8. The minimum absolute atomic E-state index is 0.0736. The number of amides is 1. The van der Waals surface area contributed by atoms with Crippen LogP contribution in [0, 0.1) is 6.92 Å². The first-order chi connectivity index (χ1) is 18.3. The Bertz CT molecular complexity index is 1270. The zero-order chi connectivity index (χ0) is 27.1. The molecule has 2 heterocycles. The molecule has 1 aliphatic rings. The number of Topliss-reactive ketones (excluding diaryl/α,β-unsaturated/α-hetero) is 1. The maximum Gasteiger partial charge on any atom is 0.239 e. The van der Waals surface area contributed by atoms with Crippen LogP contribution >= 0.6 is 0 Å². The third-order valence-corrected chi connectivity index (χ3v) is 6.64.